The lowest BCUT2D eigenvalue weighted by atomic mass is 9.98. The highest BCUT2D eigenvalue weighted by Crippen LogP contribution is 2.24. The summed E-state index contributed by atoms with van der Waals surface area (Å²) in [6.07, 6.45) is 0. The van der Waals surface area contributed by atoms with Crippen LogP contribution in [-0.4, -0.2) is 106 Å². The summed E-state index contributed by atoms with van der Waals surface area (Å²) in [6, 6.07) is -0.0811. The number of aromatic nitrogens is 1. The Morgan fingerprint density at radius 1 is 1.16 bits per heavy atom. The van der Waals surface area contributed by atoms with Gasteiger partial charge in [-0.05, 0) is 31.5 Å². The number of nitrogens with one attached hydrogen (secondary N) is 4. The lowest BCUT2D eigenvalue weighted by Crippen LogP contribution is -2.74. The van der Waals surface area contributed by atoms with Crippen molar-refractivity contribution >= 4 is 89.8 Å². The van der Waals surface area contributed by atoms with Crippen LogP contribution in [0.4, 0.5) is 15.6 Å². The lowest BCUT2D eigenvalue weighted by Gasteiger charge is -2.44. The number of nitrogens with zero attached hydrogens (tertiary/aromatic N) is 4. The Bertz CT molecular complexity index is 1930. The number of non-ortho nitro benzene ring substituents is 1. The van der Waals surface area contributed by atoms with Gasteiger partial charge in [0.1, 0.15) is 24.2 Å². The molecule has 0 saturated carbocycles. The Balaban J connectivity index is 1.85. The van der Waals surface area contributed by atoms with Crippen LogP contribution in [0.25, 0.3) is 0 Å². The second-order valence-electron chi connectivity index (χ2n) is 10.2. The van der Waals surface area contributed by atoms with E-state index in [2.05, 4.69) is 20.8 Å². The highest BCUT2D eigenvalue weighted by molar-refractivity contribution is 7.84. The van der Waals surface area contributed by atoms with Gasteiger partial charge < -0.3 is 25.5 Å². The smallest absolute Gasteiger partial charge is 0.362 e. The lowest BCUT2D eigenvalue weighted by molar-refractivity contribution is -0.384. The minimum atomic E-state index is -5.27. The van der Waals surface area contributed by atoms with Crippen LogP contribution in [0.5, 0.6) is 0 Å². The highest BCUT2D eigenvalue weighted by atomic mass is 35.5. The van der Waals surface area contributed by atoms with Crippen LogP contribution in [0.1, 0.15) is 25.1 Å². The number of β-lactam (4-membered cyclic amide) rings is 1. The monoisotopic (exact) mass is 784 g/mol. The van der Waals surface area contributed by atoms with Gasteiger partial charge in [-0.2, -0.15) is 16.8 Å². The van der Waals surface area contributed by atoms with E-state index in [0.717, 1.165) is 16.1 Å². The molecule has 0 bridgehead atoms. The quantitative estimate of drug-likeness (QED) is 0.0242. The molecular formula is C23H25ClN8O15S3. The Kier molecular flexibility index (Phi) is 12.4. The van der Waals surface area contributed by atoms with Gasteiger partial charge in [0, 0.05) is 24.1 Å². The van der Waals surface area contributed by atoms with Gasteiger partial charge in [0.15, 0.2) is 10.8 Å². The minimum absolute atomic E-state index is 0.0860. The zero-order valence-corrected chi connectivity index (χ0v) is 28.5. The number of benzene rings is 1. The number of nitro benzene ring substituents is 1. The normalized spacial score (nSPS) is 16.5. The van der Waals surface area contributed by atoms with Gasteiger partial charge in [0.2, 0.25) is 11.5 Å². The Morgan fingerprint density at radius 3 is 2.36 bits per heavy atom. The summed E-state index contributed by atoms with van der Waals surface area (Å²) in [5.74, 6) is -4.88. The molecule has 23 nitrogen and oxygen atoms in total. The van der Waals surface area contributed by atoms with Gasteiger partial charge in [-0.3, -0.25) is 33.6 Å². The van der Waals surface area contributed by atoms with E-state index >= 15 is 0 Å². The molecule has 1 aromatic heterocycles. The van der Waals surface area contributed by atoms with Gasteiger partial charge in [0.25, 0.3) is 17.5 Å². The average Bonchev–Trinajstić information content (AvgIpc) is 3.46. The number of carbonyl (C=O) groups is 5. The summed E-state index contributed by atoms with van der Waals surface area (Å²) in [5.41, 5.74) is -2.82. The standard InChI is InChI=1S/C23H25ClN8O15S3/c1-23(2,20(36)46-9-11-3-5-12(6-4-11)32(38)39)47-29-16(13-10-48-22(26-13)27-15(33)7-24)18(34)28-17-14(31(19(17)35)50(43,44)45)8-25-21(37)30-49(40,41)42/h3-6,10,14,17H,7-9H2,1-2H3,(H,28,34)(H2,25,30,37)(H,26,27,33)(H,40,41,42)(H,43,44,45)/b29-16-/t14-,17+/m0/s1. The zero-order chi connectivity index (χ0) is 37.6. The zero-order valence-electron chi connectivity index (χ0n) is 25.3. The van der Waals surface area contributed by atoms with Crippen LogP contribution < -0.4 is 20.7 Å². The van der Waals surface area contributed by atoms with E-state index in [1.165, 1.54) is 43.5 Å². The molecule has 0 spiro atoms. The highest BCUT2D eigenvalue weighted by Gasteiger charge is 2.54. The van der Waals surface area contributed by atoms with E-state index in [0.29, 0.717) is 5.56 Å². The van der Waals surface area contributed by atoms with E-state index in [4.69, 9.17) is 25.7 Å². The van der Waals surface area contributed by atoms with E-state index < -0.39 is 91.1 Å². The predicted molar refractivity (Wildman–Crippen MR) is 168 cm³/mol. The maximum Gasteiger partial charge on any atom is 0.362 e. The maximum atomic E-state index is 13.5. The fraction of sp³-hybridized carbons (Fsp3) is 0.348. The Hall–Kier alpha value is -5.02. The van der Waals surface area contributed by atoms with Gasteiger partial charge >= 0.3 is 32.6 Å². The van der Waals surface area contributed by atoms with Gasteiger partial charge in [-0.15, -0.1) is 22.9 Å². The molecule has 1 aliphatic heterocycles. The minimum Gasteiger partial charge on any atom is -0.458 e. The fourth-order valence-electron chi connectivity index (χ4n) is 3.75. The molecule has 5 amide bonds. The number of hydrogen-bond acceptors (Lipinski definition) is 16. The third-order valence-electron chi connectivity index (χ3n) is 6.10. The molecule has 2 atom stereocenters. The number of amides is 5. The number of oxime groups is 1. The van der Waals surface area contributed by atoms with Gasteiger partial charge in [0.05, 0.1) is 11.0 Å². The van der Waals surface area contributed by atoms with Crippen LogP contribution in [0.15, 0.2) is 34.8 Å². The first-order chi connectivity index (χ1) is 23.1. The number of rotatable bonds is 15. The molecule has 1 aliphatic rings. The molecule has 3 rings (SSSR count). The van der Waals surface area contributed by atoms with Crippen molar-refractivity contribution in [2.75, 3.05) is 17.7 Å². The first kappa shape index (κ1) is 39.4. The van der Waals surface area contributed by atoms with Crippen molar-refractivity contribution in [1.29, 1.82) is 0 Å². The van der Waals surface area contributed by atoms with Crippen LogP contribution >= 0.6 is 22.9 Å². The van der Waals surface area contributed by atoms with Crippen LogP contribution in [0.3, 0.4) is 0 Å². The number of carbonyl (C=O) groups excluding carboxylic acids is 5. The fourth-order valence-corrected chi connectivity index (χ4v) is 5.72. The topological polar surface area (TPSA) is 332 Å². The molecule has 0 radical (unpaired) electrons. The number of halogens is 1. The number of urea groups is 1. The second kappa shape index (κ2) is 15.7. The third-order valence-corrected chi connectivity index (χ3v) is 8.49. The second-order valence-corrected chi connectivity index (χ2v) is 13.7. The number of nitro groups is 1. The number of thiazole rings is 1. The van der Waals surface area contributed by atoms with Crippen molar-refractivity contribution in [3.8, 4) is 0 Å². The van der Waals surface area contributed by atoms with Crippen molar-refractivity contribution in [3.05, 3.63) is 51.0 Å². The van der Waals surface area contributed by atoms with Crippen molar-refractivity contribution < 1.29 is 64.4 Å². The predicted octanol–water partition coefficient (Wildman–Crippen LogP) is -0.928. The molecule has 1 fully saturated rings. The number of alkyl halides is 1. The summed E-state index contributed by atoms with van der Waals surface area (Å²) >= 11 is 6.26. The summed E-state index contributed by atoms with van der Waals surface area (Å²) in [4.78, 5) is 82.0. The van der Waals surface area contributed by atoms with E-state index in [1.54, 1.807) is 0 Å². The summed E-state index contributed by atoms with van der Waals surface area (Å²) in [6.45, 7) is 1.13. The van der Waals surface area contributed by atoms with E-state index in [9.17, 15) is 55.5 Å². The molecule has 50 heavy (non-hydrogen) atoms. The molecule has 6 N–H and O–H groups in total. The molecular weight excluding hydrogens is 760 g/mol. The summed E-state index contributed by atoms with van der Waals surface area (Å²) in [7, 11) is -10.3. The number of anilines is 1. The largest absolute Gasteiger partial charge is 0.458 e. The first-order valence-electron chi connectivity index (χ1n) is 13.3. The molecule has 0 aliphatic carbocycles. The maximum absolute atomic E-state index is 13.5. The van der Waals surface area contributed by atoms with Crippen LogP contribution in [0.2, 0.25) is 0 Å². The average molecular weight is 785 g/mol. The van der Waals surface area contributed by atoms with E-state index in [-0.39, 0.29) is 27.4 Å². The van der Waals surface area contributed by atoms with Crippen molar-refractivity contribution in [2.24, 2.45) is 5.16 Å². The van der Waals surface area contributed by atoms with Crippen molar-refractivity contribution in [1.82, 2.24) is 24.6 Å². The summed E-state index contributed by atoms with van der Waals surface area (Å²) in [5, 5.41) is 21.9. The Morgan fingerprint density at radius 2 is 1.80 bits per heavy atom. The molecule has 2 heterocycles. The molecule has 272 valence electrons. The van der Waals surface area contributed by atoms with Gasteiger partial charge in [-0.25, -0.2) is 23.6 Å². The van der Waals surface area contributed by atoms with Crippen LogP contribution in [0, 0.1) is 10.1 Å². The number of hydrogen-bond donors (Lipinski definition) is 6. The number of esters is 1. The number of ether oxygens (including phenoxy) is 1. The molecule has 2 aromatic rings. The van der Waals surface area contributed by atoms with E-state index in [1.807, 2.05) is 5.32 Å². The third kappa shape index (κ3) is 10.5. The molecule has 0 unspecified atom stereocenters. The molecule has 27 heteroatoms. The SMILES string of the molecule is CC(C)(O/N=C(\C(=O)N[C@H]1C(=O)N(S(=O)(=O)O)[C@H]1CNC(=O)NS(=O)(=O)O)c1csc(NC(=O)CCl)n1)C(=O)OCc1ccc([N+](=O)[O-])cc1. The first-order valence-corrected chi connectivity index (χ1v) is 17.5. The molecule has 1 saturated heterocycles. The Labute approximate surface area is 290 Å². The summed E-state index contributed by atoms with van der Waals surface area (Å²) < 4.78 is 69.7. The van der Waals surface area contributed by atoms with Crippen molar-refractivity contribution in [3.63, 3.8) is 0 Å². The molecule has 1 aromatic carbocycles. The van der Waals surface area contributed by atoms with Crippen molar-refractivity contribution in [2.45, 2.75) is 38.1 Å². The van der Waals surface area contributed by atoms with Gasteiger partial charge in [-0.1, -0.05) is 5.16 Å². The van der Waals surface area contributed by atoms with Crippen LogP contribution in [-0.2, 0) is 56.0 Å².